The molecule has 0 amide bonds. The van der Waals surface area contributed by atoms with Crippen molar-refractivity contribution in [1.82, 2.24) is 5.32 Å². The van der Waals surface area contributed by atoms with Gasteiger partial charge in [0.1, 0.15) is 0 Å². The van der Waals surface area contributed by atoms with Gasteiger partial charge < -0.3 is 15.3 Å². The summed E-state index contributed by atoms with van der Waals surface area (Å²) < 4.78 is 0. The van der Waals surface area contributed by atoms with Crippen LogP contribution in [0.25, 0.3) is 0 Å². The second-order valence-electron chi connectivity index (χ2n) is 6.27. The third-order valence-electron chi connectivity index (χ3n) is 4.07. The van der Waals surface area contributed by atoms with Crippen LogP contribution in [-0.2, 0) is 6.54 Å². The molecule has 0 saturated carbocycles. The lowest BCUT2D eigenvalue weighted by Crippen LogP contribution is -2.35. The molecule has 0 unspecified atom stereocenters. The van der Waals surface area contributed by atoms with Crippen molar-refractivity contribution in [1.29, 1.82) is 0 Å². The van der Waals surface area contributed by atoms with Gasteiger partial charge in [0, 0.05) is 31.9 Å². The van der Waals surface area contributed by atoms with Gasteiger partial charge in [0.25, 0.3) is 0 Å². The molecular formula is C17H28N2O. The summed E-state index contributed by atoms with van der Waals surface area (Å²) in [6, 6.07) is 8.70. The molecule has 0 spiro atoms. The number of piperidine rings is 1. The van der Waals surface area contributed by atoms with Crippen LogP contribution in [0.4, 0.5) is 5.69 Å². The molecule has 20 heavy (non-hydrogen) atoms. The number of anilines is 1. The number of rotatable bonds is 6. The molecule has 2 rings (SSSR count). The van der Waals surface area contributed by atoms with Gasteiger partial charge in [0.15, 0.2) is 0 Å². The maximum absolute atomic E-state index is 9.24. The van der Waals surface area contributed by atoms with Gasteiger partial charge >= 0.3 is 0 Å². The van der Waals surface area contributed by atoms with Gasteiger partial charge in [-0.15, -0.1) is 0 Å². The first-order valence-corrected chi connectivity index (χ1v) is 7.85. The third-order valence-corrected chi connectivity index (χ3v) is 4.07. The molecule has 1 fully saturated rings. The smallest absolute Gasteiger partial charge is 0.0460 e. The van der Waals surface area contributed by atoms with Crippen molar-refractivity contribution < 1.29 is 5.11 Å². The Labute approximate surface area is 123 Å². The summed E-state index contributed by atoms with van der Waals surface area (Å²) in [4.78, 5) is 2.47. The Bertz CT molecular complexity index is 398. The molecular weight excluding hydrogens is 248 g/mol. The normalized spacial score (nSPS) is 16.9. The molecule has 1 heterocycles. The van der Waals surface area contributed by atoms with Crippen molar-refractivity contribution in [3.8, 4) is 0 Å². The average molecular weight is 276 g/mol. The van der Waals surface area contributed by atoms with E-state index in [1.807, 2.05) is 0 Å². The molecule has 1 aliphatic rings. The van der Waals surface area contributed by atoms with Gasteiger partial charge in [-0.3, -0.25) is 0 Å². The second kappa shape index (κ2) is 7.65. The number of nitrogens with one attached hydrogen (secondary N) is 1. The molecule has 0 atom stereocenters. The Hall–Kier alpha value is -1.06. The zero-order valence-corrected chi connectivity index (χ0v) is 12.8. The van der Waals surface area contributed by atoms with E-state index in [4.69, 9.17) is 0 Å². The van der Waals surface area contributed by atoms with E-state index >= 15 is 0 Å². The van der Waals surface area contributed by atoms with Crippen LogP contribution in [0, 0.1) is 11.8 Å². The molecule has 3 heteroatoms. The molecule has 2 N–H and O–H groups in total. The predicted octanol–water partition coefficient (Wildman–Crippen LogP) is 2.64. The van der Waals surface area contributed by atoms with Crippen LogP contribution in [0.5, 0.6) is 0 Å². The molecule has 0 aliphatic carbocycles. The van der Waals surface area contributed by atoms with Gasteiger partial charge in [-0.25, -0.2) is 0 Å². The van der Waals surface area contributed by atoms with E-state index < -0.39 is 0 Å². The van der Waals surface area contributed by atoms with Crippen LogP contribution in [-0.4, -0.2) is 31.3 Å². The average Bonchev–Trinajstić information content (AvgIpc) is 2.47. The van der Waals surface area contributed by atoms with E-state index in [2.05, 4.69) is 48.3 Å². The van der Waals surface area contributed by atoms with Crippen molar-refractivity contribution >= 4 is 5.69 Å². The summed E-state index contributed by atoms with van der Waals surface area (Å²) in [6.45, 7) is 8.93. The summed E-state index contributed by atoms with van der Waals surface area (Å²) >= 11 is 0. The fourth-order valence-corrected chi connectivity index (χ4v) is 2.82. The Kier molecular flexibility index (Phi) is 5.86. The van der Waals surface area contributed by atoms with Gasteiger partial charge in [-0.05, 0) is 42.9 Å². The van der Waals surface area contributed by atoms with Crippen molar-refractivity contribution in [2.75, 3.05) is 31.1 Å². The van der Waals surface area contributed by atoms with Crippen LogP contribution in [0.15, 0.2) is 24.3 Å². The first-order valence-electron chi connectivity index (χ1n) is 7.85. The molecule has 0 bridgehead atoms. The molecule has 3 nitrogen and oxygen atoms in total. The SMILES string of the molecule is CC(C)CNCc1ccccc1N1CCC(CO)CC1. The zero-order chi connectivity index (χ0) is 14.4. The van der Waals surface area contributed by atoms with Gasteiger partial charge in [0.05, 0.1) is 0 Å². The zero-order valence-electron chi connectivity index (χ0n) is 12.8. The van der Waals surface area contributed by atoms with E-state index in [9.17, 15) is 5.11 Å². The lowest BCUT2D eigenvalue weighted by molar-refractivity contribution is 0.203. The molecule has 1 aliphatic heterocycles. The topological polar surface area (TPSA) is 35.5 Å². The third kappa shape index (κ3) is 4.22. The number of aliphatic hydroxyl groups is 1. The Morgan fingerprint density at radius 1 is 1.25 bits per heavy atom. The van der Waals surface area contributed by atoms with Crippen molar-refractivity contribution in [2.24, 2.45) is 11.8 Å². The summed E-state index contributed by atoms with van der Waals surface area (Å²) in [7, 11) is 0. The molecule has 0 radical (unpaired) electrons. The number of aliphatic hydroxyl groups excluding tert-OH is 1. The minimum atomic E-state index is 0.339. The maximum atomic E-state index is 9.24. The maximum Gasteiger partial charge on any atom is 0.0460 e. The first-order chi connectivity index (χ1) is 9.70. The van der Waals surface area contributed by atoms with Crippen LogP contribution in [0.2, 0.25) is 0 Å². The molecule has 1 saturated heterocycles. The van der Waals surface area contributed by atoms with E-state index in [1.54, 1.807) is 0 Å². The van der Waals surface area contributed by atoms with Crippen LogP contribution in [0.3, 0.4) is 0 Å². The van der Waals surface area contributed by atoms with Gasteiger partial charge in [0.2, 0.25) is 0 Å². The fraction of sp³-hybridized carbons (Fsp3) is 0.647. The Morgan fingerprint density at radius 2 is 1.95 bits per heavy atom. The number of benzene rings is 1. The Balaban J connectivity index is 1.97. The van der Waals surface area contributed by atoms with Crippen LogP contribution < -0.4 is 10.2 Å². The van der Waals surface area contributed by atoms with E-state index in [-0.39, 0.29) is 0 Å². The standard InChI is InChI=1S/C17H28N2O/c1-14(2)11-18-12-16-5-3-4-6-17(16)19-9-7-15(13-20)8-10-19/h3-6,14-15,18,20H,7-13H2,1-2H3. The number of para-hydroxylation sites is 1. The molecule has 1 aromatic carbocycles. The van der Waals surface area contributed by atoms with E-state index in [0.717, 1.165) is 39.0 Å². The quantitative estimate of drug-likeness (QED) is 0.838. The van der Waals surface area contributed by atoms with Crippen molar-refractivity contribution in [2.45, 2.75) is 33.2 Å². The molecule has 112 valence electrons. The first kappa shape index (κ1) is 15.3. The summed E-state index contributed by atoms with van der Waals surface area (Å²) in [5.74, 6) is 1.18. The minimum absolute atomic E-state index is 0.339. The second-order valence-corrected chi connectivity index (χ2v) is 6.27. The number of hydrogen-bond acceptors (Lipinski definition) is 3. The minimum Gasteiger partial charge on any atom is -0.396 e. The van der Waals surface area contributed by atoms with Gasteiger partial charge in [-0.1, -0.05) is 32.0 Å². The number of hydrogen-bond donors (Lipinski definition) is 2. The highest BCUT2D eigenvalue weighted by atomic mass is 16.3. The van der Waals surface area contributed by atoms with Crippen molar-refractivity contribution in [3.05, 3.63) is 29.8 Å². The Morgan fingerprint density at radius 3 is 2.60 bits per heavy atom. The van der Waals surface area contributed by atoms with Gasteiger partial charge in [-0.2, -0.15) is 0 Å². The highest BCUT2D eigenvalue weighted by molar-refractivity contribution is 5.53. The lowest BCUT2D eigenvalue weighted by Gasteiger charge is -2.34. The largest absolute Gasteiger partial charge is 0.396 e. The lowest BCUT2D eigenvalue weighted by atomic mass is 9.97. The summed E-state index contributed by atoms with van der Waals surface area (Å²) in [5.41, 5.74) is 2.75. The highest BCUT2D eigenvalue weighted by Gasteiger charge is 2.20. The van der Waals surface area contributed by atoms with Crippen LogP contribution in [0.1, 0.15) is 32.3 Å². The summed E-state index contributed by atoms with van der Waals surface area (Å²) in [6.07, 6.45) is 2.20. The number of nitrogens with zero attached hydrogens (tertiary/aromatic N) is 1. The fourth-order valence-electron chi connectivity index (χ4n) is 2.82. The van der Waals surface area contributed by atoms with Crippen molar-refractivity contribution in [3.63, 3.8) is 0 Å². The predicted molar refractivity (Wildman–Crippen MR) is 85.0 cm³/mol. The molecule has 1 aromatic rings. The van der Waals surface area contributed by atoms with E-state index in [1.165, 1.54) is 11.3 Å². The highest BCUT2D eigenvalue weighted by Crippen LogP contribution is 2.26. The van der Waals surface area contributed by atoms with Crippen LogP contribution >= 0.6 is 0 Å². The molecule has 0 aromatic heterocycles. The summed E-state index contributed by atoms with van der Waals surface area (Å²) in [5, 5.41) is 12.8. The monoisotopic (exact) mass is 276 g/mol. The van der Waals surface area contributed by atoms with E-state index in [0.29, 0.717) is 18.4 Å².